The first-order valence-electron chi connectivity index (χ1n) is 11.4. The van der Waals surface area contributed by atoms with E-state index >= 15 is 0 Å². The summed E-state index contributed by atoms with van der Waals surface area (Å²) in [6, 6.07) is 5.49. The lowest BCUT2D eigenvalue weighted by atomic mass is 9.97. The van der Waals surface area contributed by atoms with Gasteiger partial charge in [0.1, 0.15) is 5.82 Å². The van der Waals surface area contributed by atoms with Gasteiger partial charge in [0, 0.05) is 52.9 Å². The first-order valence-corrected chi connectivity index (χ1v) is 11.4. The molecule has 1 N–H and O–H groups in total. The summed E-state index contributed by atoms with van der Waals surface area (Å²) >= 11 is 0. The SMILES string of the molecule is CCOC(=O)C1CCN(C(=NC)NCc2ccc(N3CCN(CC)CC3)c(F)c2)CC1. The fraction of sp³-hybridized carbons (Fsp3) is 0.652. The van der Waals surface area contributed by atoms with Gasteiger partial charge in [0.25, 0.3) is 0 Å². The second-order valence-electron chi connectivity index (χ2n) is 8.12. The van der Waals surface area contributed by atoms with Crippen molar-refractivity contribution in [1.29, 1.82) is 0 Å². The number of ether oxygens (including phenoxy) is 1. The van der Waals surface area contributed by atoms with Crippen molar-refractivity contribution in [3.8, 4) is 0 Å². The number of aliphatic imine (C=N–C) groups is 1. The molecule has 2 heterocycles. The van der Waals surface area contributed by atoms with Crippen molar-refractivity contribution in [2.45, 2.75) is 33.2 Å². The molecule has 0 bridgehead atoms. The van der Waals surface area contributed by atoms with Crippen LogP contribution in [0, 0.1) is 11.7 Å². The molecule has 2 aliphatic rings. The Morgan fingerprint density at radius 1 is 1.16 bits per heavy atom. The number of piperidine rings is 1. The molecule has 172 valence electrons. The number of benzene rings is 1. The molecule has 7 nitrogen and oxygen atoms in total. The number of guanidine groups is 1. The van der Waals surface area contributed by atoms with Crippen LogP contribution in [0.25, 0.3) is 0 Å². The van der Waals surface area contributed by atoms with Gasteiger partial charge in [-0.3, -0.25) is 9.79 Å². The largest absolute Gasteiger partial charge is 0.466 e. The minimum absolute atomic E-state index is 0.0323. The number of esters is 1. The van der Waals surface area contributed by atoms with Crippen molar-refractivity contribution < 1.29 is 13.9 Å². The zero-order valence-electron chi connectivity index (χ0n) is 19.1. The maximum absolute atomic E-state index is 14.8. The average molecular weight is 434 g/mol. The molecular formula is C23H36FN5O2. The van der Waals surface area contributed by atoms with Crippen molar-refractivity contribution >= 4 is 17.6 Å². The Morgan fingerprint density at radius 3 is 2.45 bits per heavy atom. The second kappa shape index (κ2) is 11.3. The number of piperazine rings is 1. The summed E-state index contributed by atoms with van der Waals surface area (Å²) in [6.07, 6.45) is 1.52. The van der Waals surface area contributed by atoms with E-state index in [-0.39, 0.29) is 17.7 Å². The van der Waals surface area contributed by atoms with Crippen molar-refractivity contribution in [3.63, 3.8) is 0 Å². The van der Waals surface area contributed by atoms with Crippen LogP contribution in [0.15, 0.2) is 23.2 Å². The predicted molar refractivity (Wildman–Crippen MR) is 122 cm³/mol. The standard InChI is InChI=1S/C23H36FN5O2/c1-4-27-12-14-28(15-13-27)21-7-6-18(16-20(21)24)17-26-23(25-3)29-10-8-19(9-11-29)22(30)31-5-2/h6-7,16,19H,4-5,8-15,17H2,1-3H3,(H,25,26). The van der Waals surface area contributed by atoms with Crippen molar-refractivity contribution in [2.24, 2.45) is 10.9 Å². The van der Waals surface area contributed by atoms with Crippen molar-refractivity contribution in [3.05, 3.63) is 29.6 Å². The topological polar surface area (TPSA) is 60.4 Å². The van der Waals surface area contributed by atoms with Crippen LogP contribution in [0.4, 0.5) is 10.1 Å². The number of likely N-dealkylation sites (tertiary alicyclic amines) is 1. The van der Waals surface area contributed by atoms with Gasteiger partial charge < -0.3 is 24.8 Å². The summed E-state index contributed by atoms with van der Waals surface area (Å²) in [5.41, 5.74) is 1.57. The lowest BCUT2D eigenvalue weighted by molar-refractivity contribution is -0.149. The van der Waals surface area contributed by atoms with Gasteiger partial charge in [0.15, 0.2) is 5.96 Å². The quantitative estimate of drug-likeness (QED) is 0.422. The van der Waals surface area contributed by atoms with E-state index in [0.29, 0.717) is 18.8 Å². The maximum Gasteiger partial charge on any atom is 0.309 e. The summed E-state index contributed by atoms with van der Waals surface area (Å²) in [4.78, 5) is 23.0. The summed E-state index contributed by atoms with van der Waals surface area (Å²) in [5.74, 6) is 0.476. The fourth-order valence-electron chi connectivity index (χ4n) is 4.32. The lowest BCUT2D eigenvalue weighted by Gasteiger charge is -2.35. The Kier molecular flexibility index (Phi) is 8.51. The molecule has 31 heavy (non-hydrogen) atoms. The van der Waals surface area contributed by atoms with Crippen LogP contribution in [0.1, 0.15) is 32.3 Å². The van der Waals surface area contributed by atoms with Gasteiger partial charge in [-0.15, -0.1) is 0 Å². The molecule has 0 aromatic heterocycles. The smallest absolute Gasteiger partial charge is 0.309 e. The van der Waals surface area contributed by atoms with Crippen LogP contribution >= 0.6 is 0 Å². The third-order valence-corrected chi connectivity index (χ3v) is 6.25. The lowest BCUT2D eigenvalue weighted by Crippen LogP contribution is -2.46. The molecule has 0 aliphatic carbocycles. The molecule has 3 rings (SSSR count). The van der Waals surface area contributed by atoms with E-state index in [4.69, 9.17) is 4.74 Å². The van der Waals surface area contributed by atoms with Crippen LogP contribution < -0.4 is 10.2 Å². The highest BCUT2D eigenvalue weighted by Crippen LogP contribution is 2.22. The molecule has 0 unspecified atom stereocenters. The maximum atomic E-state index is 14.8. The molecule has 0 amide bonds. The number of nitrogens with zero attached hydrogens (tertiary/aromatic N) is 4. The minimum atomic E-state index is -0.172. The molecule has 1 aromatic rings. The minimum Gasteiger partial charge on any atom is -0.466 e. The Balaban J connectivity index is 1.51. The molecule has 2 fully saturated rings. The van der Waals surface area contributed by atoms with Gasteiger partial charge >= 0.3 is 5.97 Å². The number of carbonyl (C=O) groups excluding carboxylic acids is 1. The Bertz CT molecular complexity index is 756. The van der Waals surface area contributed by atoms with E-state index in [1.165, 1.54) is 0 Å². The first-order chi connectivity index (χ1) is 15.0. The third kappa shape index (κ3) is 6.09. The summed E-state index contributed by atoms with van der Waals surface area (Å²) in [5, 5.41) is 3.34. The average Bonchev–Trinajstić information content (AvgIpc) is 2.80. The zero-order chi connectivity index (χ0) is 22.2. The zero-order valence-corrected chi connectivity index (χ0v) is 19.1. The van der Waals surface area contributed by atoms with Crippen LogP contribution in [-0.2, 0) is 16.1 Å². The highest BCUT2D eigenvalue weighted by Gasteiger charge is 2.27. The van der Waals surface area contributed by atoms with Gasteiger partial charge in [-0.05, 0) is 44.0 Å². The van der Waals surface area contributed by atoms with E-state index in [9.17, 15) is 9.18 Å². The van der Waals surface area contributed by atoms with Gasteiger partial charge in [0.05, 0.1) is 18.2 Å². The van der Waals surface area contributed by atoms with Crippen LogP contribution in [0.3, 0.4) is 0 Å². The van der Waals surface area contributed by atoms with E-state index < -0.39 is 0 Å². The van der Waals surface area contributed by atoms with Gasteiger partial charge in [0.2, 0.25) is 0 Å². The monoisotopic (exact) mass is 433 g/mol. The van der Waals surface area contributed by atoms with Crippen molar-refractivity contribution in [1.82, 2.24) is 15.1 Å². The molecule has 2 saturated heterocycles. The number of halogens is 1. The summed E-state index contributed by atoms with van der Waals surface area (Å²) < 4.78 is 19.9. The molecule has 0 spiro atoms. The number of hydrogen-bond acceptors (Lipinski definition) is 5. The van der Waals surface area contributed by atoms with E-state index in [1.54, 1.807) is 13.1 Å². The number of anilines is 1. The molecular weight excluding hydrogens is 397 g/mol. The third-order valence-electron chi connectivity index (χ3n) is 6.25. The van der Waals surface area contributed by atoms with E-state index in [1.807, 2.05) is 19.1 Å². The molecule has 0 saturated carbocycles. The highest BCUT2D eigenvalue weighted by atomic mass is 19.1. The van der Waals surface area contributed by atoms with Crippen LogP contribution in [0.2, 0.25) is 0 Å². The Morgan fingerprint density at radius 2 is 1.87 bits per heavy atom. The first kappa shape index (κ1) is 23.3. The summed E-state index contributed by atoms with van der Waals surface area (Å²) in [6.45, 7) is 11.1. The van der Waals surface area contributed by atoms with Gasteiger partial charge in [-0.2, -0.15) is 0 Å². The Labute approximate surface area is 185 Å². The van der Waals surface area contributed by atoms with Gasteiger partial charge in [-0.1, -0.05) is 13.0 Å². The predicted octanol–water partition coefficient (Wildman–Crippen LogP) is 2.32. The molecule has 8 heteroatoms. The van der Waals surface area contributed by atoms with Gasteiger partial charge in [-0.25, -0.2) is 4.39 Å². The number of nitrogens with one attached hydrogen (secondary N) is 1. The number of hydrogen-bond donors (Lipinski definition) is 1. The molecule has 1 aromatic carbocycles. The van der Waals surface area contributed by atoms with E-state index in [0.717, 1.165) is 70.2 Å². The normalized spacial score (nSPS) is 18.9. The fourth-order valence-corrected chi connectivity index (χ4v) is 4.32. The number of likely N-dealkylation sites (N-methyl/N-ethyl adjacent to an activating group) is 1. The second-order valence-corrected chi connectivity index (χ2v) is 8.12. The number of carbonyl (C=O) groups is 1. The van der Waals surface area contributed by atoms with Crippen molar-refractivity contribution in [2.75, 3.05) is 64.4 Å². The number of rotatable bonds is 6. The van der Waals surface area contributed by atoms with Crippen LogP contribution in [0.5, 0.6) is 0 Å². The molecule has 0 radical (unpaired) electrons. The molecule has 0 atom stereocenters. The molecule has 2 aliphatic heterocycles. The van der Waals surface area contributed by atoms with E-state index in [2.05, 4.69) is 31.9 Å². The highest BCUT2D eigenvalue weighted by molar-refractivity contribution is 5.80. The Hall–Kier alpha value is -2.35. The summed E-state index contributed by atoms with van der Waals surface area (Å²) in [7, 11) is 1.75. The van der Waals surface area contributed by atoms with Crippen LogP contribution in [-0.4, -0.2) is 81.2 Å².